The van der Waals surface area contributed by atoms with Crippen molar-refractivity contribution in [1.82, 2.24) is 9.80 Å². The second-order valence-corrected chi connectivity index (χ2v) is 6.58. The number of benzene rings is 1. The molecule has 0 atom stereocenters. The highest BCUT2D eigenvalue weighted by Crippen LogP contribution is 2.22. The molecule has 0 radical (unpaired) electrons. The molecule has 1 aromatic carbocycles. The Morgan fingerprint density at radius 2 is 1.92 bits per heavy atom. The molecule has 1 aliphatic rings. The molecule has 1 aliphatic heterocycles. The molecular formula is C20H21N3O3. The second kappa shape index (κ2) is 7.87. The van der Waals surface area contributed by atoms with E-state index in [4.69, 9.17) is 9.68 Å². The van der Waals surface area contributed by atoms with Gasteiger partial charge in [-0.1, -0.05) is 12.1 Å². The topological polar surface area (TPSA) is 77.5 Å². The average Bonchev–Trinajstić information content (AvgIpc) is 3.22. The van der Waals surface area contributed by atoms with Crippen LogP contribution in [-0.2, 0) is 11.3 Å². The number of piperidine rings is 1. The first-order valence-corrected chi connectivity index (χ1v) is 8.64. The number of nitrogens with zero attached hydrogens (tertiary/aromatic N) is 3. The van der Waals surface area contributed by atoms with Gasteiger partial charge in [0.2, 0.25) is 5.91 Å². The van der Waals surface area contributed by atoms with Crippen LogP contribution in [-0.4, -0.2) is 41.8 Å². The third kappa shape index (κ3) is 3.94. The Morgan fingerprint density at radius 1 is 1.23 bits per heavy atom. The predicted octanol–water partition coefficient (Wildman–Crippen LogP) is 2.66. The first kappa shape index (κ1) is 17.7. The van der Waals surface area contributed by atoms with Crippen molar-refractivity contribution in [2.24, 2.45) is 5.92 Å². The van der Waals surface area contributed by atoms with Crippen molar-refractivity contribution >= 4 is 11.8 Å². The highest BCUT2D eigenvalue weighted by atomic mass is 16.3. The van der Waals surface area contributed by atoms with E-state index < -0.39 is 0 Å². The van der Waals surface area contributed by atoms with E-state index >= 15 is 0 Å². The molecule has 0 N–H and O–H groups in total. The largest absolute Gasteiger partial charge is 0.472 e. The molecule has 0 unspecified atom stereocenters. The molecule has 6 nitrogen and oxygen atoms in total. The summed E-state index contributed by atoms with van der Waals surface area (Å²) in [5, 5.41) is 8.84. The zero-order valence-corrected chi connectivity index (χ0v) is 14.7. The minimum absolute atomic E-state index is 0.0458. The molecule has 0 aliphatic carbocycles. The summed E-state index contributed by atoms with van der Waals surface area (Å²) in [4.78, 5) is 28.5. The van der Waals surface area contributed by atoms with Crippen molar-refractivity contribution in [3.05, 3.63) is 59.5 Å². The summed E-state index contributed by atoms with van der Waals surface area (Å²) in [6, 6.07) is 11.0. The van der Waals surface area contributed by atoms with Crippen LogP contribution in [0.5, 0.6) is 0 Å². The number of nitriles is 1. The van der Waals surface area contributed by atoms with Crippen molar-refractivity contribution in [3.8, 4) is 6.07 Å². The Balaban J connectivity index is 1.52. The Hall–Kier alpha value is -3.07. The molecule has 6 heteroatoms. The summed E-state index contributed by atoms with van der Waals surface area (Å²) in [5.74, 6) is -0.00728. The van der Waals surface area contributed by atoms with Gasteiger partial charge in [-0.3, -0.25) is 9.59 Å². The van der Waals surface area contributed by atoms with Crippen LogP contribution in [0.1, 0.15) is 34.3 Å². The lowest BCUT2D eigenvalue weighted by Gasteiger charge is -2.33. The van der Waals surface area contributed by atoms with Crippen molar-refractivity contribution in [3.63, 3.8) is 0 Å². The monoisotopic (exact) mass is 351 g/mol. The van der Waals surface area contributed by atoms with Gasteiger partial charge in [-0.15, -0.1) is 0 Å². The molecule has 134 valence electrons. The van der Waals surface area contributed by atoms with E-state index in [1.807, 2.05) is 12.1 Å². The van der Waals surface area contributed by atoms with Crippen molar-refractivity contribution in [2.45, 2.75) is 19.4 Å². The standard InChI is InChI=1S/C20H21N3O3/c1-22(13-16-4-2-15(12-21)3-5-16)19(24)17-6-9-23(10-7-17)20(25)18-8-11-26-14-18/h2-5,8,11,14,17H,6-7,9-10,13H2,1H3. The van der Waals surface area contributed by atoms with E-state index in [0.29, 0.717) is 43.6 Å². The van der Waals surface area contributed by atoms with Crippen LogP contribution >= 0.6 is 0 Å². The Morgan fingerprint density at radius 3 is 2.50 bits per heavy atom. The second-order valence-electron chi connectivity index (χ2n) is 6.58. The lowest BCUT2D eigenvalue weighted by atomic mass is 9.95. The SMILES string of the molecule is CN(Cc1ccc(C#N)cc1)C(=O)C1CCN(C(=O)c2ccoc2)CC1. The van der Waals surface area contributed by atoms with Gasteiger partial charge in [-0.05, 0) is 36.6 Å². The van der Waals surface area contributed by atoms with Gasteiger partial charge in [0.1, 0.15) is 6.26 Å². The molecule has 0 saturated carbocycles. The number of amides is 2. The zero-order valence-electron chi connectivity index (χ0n) is 14.7. The van der Waals surface area contributed by atoms with Crippen LogP contribution in [0.4, 0.5) is 0 Å². The normalized spacial score (nSPS) is 14.7. The minimum Gasteiger partial charge on any atom is -0.472 e. The molecule has 2 heterocycles. The van der Waals surface area contributed by atoms with E-state index in [9.17, 15) is 9.59 Å². The van der Waals surface area contributed by atoms with Gasteiger partial charge in [-0.25, -0.2) is 0 Å². The number of carbonyl (C=O) groups excluding carboxylic acids is 2. The van der Waals surface area contributed by atoms with Crippen molar-refractivity contribution in [1.29, 1.82) is 5.26 Å². The summed E-state index contributed by atoms with van der Waals surface area (Å²) in [6.45, 7) is 1.66. The fraction of sp³-hybridized carbons (Fsp3) is 0.350. The maximum absolute atomic E-state index is 12.7. The number of rotatable bonds is 4. The van der Waals surface area contributed by atoms with Crippen LogP contribution in [0.15, 0.2) is 47.3 Å². The third-order valence-electron chi connectivity index (χ3n) is 4.78. The van der Waals surface area contributed by atoms with E-state index in [0.717, 1.165) is 5.56 Å². The quantitative estimate of drug-likeness (QED) is 0.848. The smallest absolute Gasteiger partial charge is 0.257 e. The van der Waals surface area contributed by atoms with Gasteiger partial charge in [-0.2, -0.15) is 5.26 Å². The molecule has 0 bridgehead atoms. The van der Waals surface area contributed by atoms with E-state index in [2.05, 4.69) is 6.07 Å². The summed E-state index contributed by atoms with van der Waals surface area (Å²) in [7, 11) is 1.80. The molecule has 2 amide bonds. The van der Waals surface area contributed by atoms with Gasteiger partial charge in [0.25, 0.3) is 5.91 Å². The van der Waals surface area contributed by atoms with Crippen LogP contribution in [0.2, 0.25) is 0 Å². The van der Waals surface area contributed by atoms with E-state index in [1.54, 1.807) is 35.0 Å². The fourth-order valence-corrected chi connectivity index (χ4v) is 3.25. The van der Waals surface area contributed by atoms with Gasteiger partial charge in [0.05, 0.1) is 23.5 Å². The first-order chi connectivity index (χ1) is 12.6. The highest BCUT2D eigenvalue weighted by Gasteiger charge is 2.29. The predicted molar refractivity (Wildman–Crippen MR) is 95.0 cm³/mol. The third-order valence-corrected chi connectivity index (χ3v) is 4.78. The number of likely N-dealkylation sites (tertiary alicyclic amines) is 1. The van der Waals surface area contributed by atoms with Gasteiger partial charge in [0.15, 0.2) is 0 Å². The minimum atomic E-state index is -0.0632. The van der Waals surface area contributed by atoms with Crippen LogP contribution in [0, 0.1) is 17.2 Å². The fourth-order valence-electron chi connectivity index (χ4n) is 3.25. The average molecular weight is 351 g/mol. The van der Waals surface area contributed by atoms with Gasteiger partial charge < -0.3 is 14.2 Å². The number of hydrogen-bond donors (Lipinski definition) is 0. The van der Waals surface area contributed by atoms with Crippen molar-refractivity contribution in [2.75, 3.05) is 20.1 Å². The highest BCUT2D eigenvalue weighted by molar-refractivity contribution is 5.94. The Kier molecular flexibility index (Phi) is 5.37. The number of carbonyl (C=O) groups is 2. The maximum Gasteiger partial charge on any atom is 0.257 e. The molecule has 1 saturated heterocycles. The molecule has 1 fully saturated rings. The van der Waals surface area contributed by atoms with E-state index in [1.165, 1.54) is 12.5 Å². The molecule has 3 rings (SSSR count). The van der Waals surface area contributed by atoms with Crippen molar-refractivity contribution < 1.29 is 14.0 Å². The summed E-state index contributed by atoms with van der Waals surface area (Å²) in [5.41, 5.74) is 2.15. The van der Waals surface area contributed by atoms with Gasteiger partial charge >= 0.3 is 0 Å². The summed E-state index contributed by atoms with van der Waals surface area (Å²) in [6.07, 6.45) is 4.27. The molecule has 1 aromatic heterocycles. The van der Waals surface area contributed by atoms with Crippen LogP contribution in [0.3, 0.4) is 0 Å². The molecule has 26 heavy (non-hydrogen) atoms. The first-order valence-electron chi connectivity index (χ1n) is 8.64. The van der Waals surface area contributed by atoms with Crippen LogP contribution in [0.25, 0.3) is 0 Å². The number of hydrogen-bond acceptors (Lipinski definition) is 4. The Bertz CT molecular complexity index is 798. The maximum atomic E-state index is 12.7. The number of furan rings is 1. The summed E-state index contributed by atoms with van der Waals surface area (Å²) >= 11 is 0. The molecule has 2 aromatic rings. The van der Waals surface area contributed by atoms with Crippen LogP contribution < -0.4 is 0 Å². The van der Waals surface area contributed by atoms with E-state index in [-0.39, 0.29) is 17.7 Å². The lowest BCUT2D eigenvalue weighted by molar-refractivity contribution is -0.136. The lowest BCUT2D eigenvalue weighted by Crippen LogP contribution is -2.43. The van der Waals surface area contributed by atoms with Gasteiger partial charge in [0, 0.05) is 32.6 Å². The molecular weight excluding hydrogens is 330 g/mol. The molecule has 0 spiro atoms. The summed E-state index contributed by atoms with van der Waals surface area (Å²) < 4.78 is 4.96. The zero-order chi connectivity index (χ0) is 18.5. The Labute approximate surface area is 152 Å².